The van der Waals surface area contributed by atoms with Gasteiger partial charge in [0.25, 0.3) is 0 Å². The van der Waals surface area contributed by atoms with Gasteiger partial charge in [-0.15, -0.1) is 0 Å². The number of carbonyl (C=O) groups is 4. The summed E-state index contributed by atoms with van der Waals surface area (Å²) in [7, 11) is 0. The van der Waals surface area contributed by atoms with Gasteiger partial charge in [-0.05, 0) is 63.1 Å². The number of benzene rings is 1. The van der Waals surface area contributed by atoms with Crippen LogP contribution in [0.5, 0.6) is 0 Å². The summed E-state index contributed by atoms with van der Waals surface area (Å²) in [5, 5.41) is 28.9. The molecule has 0 aliphatic heterocycles. The Kier molecular flexibility index (Phi) is 22.0. The standard InChI is InChI=1S/C32H61N15O4/c1-19(2)25(47-46-22(8-6-16-42-31(37)38)26(49)24(48)10-4-3-5-15-41-30(35)36)29(51)45-23(9-7-17-43-32(39)40)28(50)44-18-20-11-13-21(14-12-20)27(33)34/h11-14,19,22-23,25,31-32,42-43,46-47H,3-10,15-18,37-40H2,1-2H3,(H3,33,34)(H,44,50)(H,45,51)(H4,35,36,41)/t22-,23-,25-/m0/s1. The Balaban J connectivity index is 2.97. The van der Waals surface area contributed by atoms with Crippen molar-refractivity contribution in [1.82, 2.24) is 37.4 Å². The number of hydrazine groups is 1. The summed E-state index contributed by atoms with van der Waals surface area (Å²) in [6.45, 7) is 5.10. The minimum absolute atomic E-state index is 0.0543. The molecule has 3 atom stereocenters. The van der Waals surface area contributed by atoms with E-state index in [2.05, 4.69) is 37.4 Å². The van der Waals surface area contributed by atoms with Crippen molar-refractivity contribution in [3.63, 3.8) is 0 Å². The van der Waals surface area contributed by atoms with E-state index in [0.717, 1.165) is 5.56 Å². The first-order valence-corrected chi connectivity index (χ1v) is 17.3. The topological polar surface area (TPSA) is 356 Å². The van der Waals surface area contributed by atoms with Gasteiger partial charge < -0.3 is 50.4 Å². The fraction of sp³-hybridized carbons (Fsp3) is 0.625. The number of hydrogen-bond acceptors (Lipinski definition) is 14. The highest BCUT2D eigenvalue weighted by Gasteiger charge is 2.30. The number of nitrogens with two attached hydrogens (primary N) is 6. The van der Waals surface area contributed by atoms with E-state index in [1.165, 1.54) is 0 Å². The van der Waals surface area contributed by atoms with Gasteiger partial charge in [-0.3, -0.25) is 40.6 Å². The summed E-state index contributed by atoms with van der Waals surface area (Å²) in [4.78, 5) is 53.1. The molecule has 1 aromatic carbocycles. The number of Topliss-reactive ketones (excluding diaryl/α,β-unsaturated/α-hetero) is 2. The SMILES string of the molecule is CC(C)[C@H](NN[C@@H](CCCNC(N)N)C(=O)C(=O)CCCCCNC(=N)N)C(=O)N[C@@H](CCCNC(N)N)C(=O)NCc1ccc(C(=N)N)cc1. The molecule has 0 aliphatic carbocycles. The lowest BCUT2D eigenvalue weighted by atomic mass is 9.99. The van der Waals surface area contributed by atoms with Crippen LogP contribution in [0, 0.1) is 16.7 Å². The zero-order chi connectivity index (χ0) is 38.3. The van der Waals surface area contributed by atoms with Gasteiger partial charge in [0.2, 0.25) is 17.6 Å². The Morgan fingerprint density at radius 3 is 1.82 bits per heavy atom. The first-order valence-electron chi connectivity index (χ1n) is 17.3. The van der Waals surface area contributed by atoms with E-state index in [4.69, 9.17) is 45.2 Å². The first kappa shape index (κ1) is 44.9. The van der Waals surface area contributed by atoms with Crippen molar-refractivity contribution >= 4 is 35.2 Å². The molecule has 0 saturated heterocycles. The van der Waals surface area contributed by atoms with E-state index in [1.807, 2.05) is 0 Å². The average Bonchev–Trinajstić information content (AvgIpc) is 3.06. The molecule has 2 amide bonds. The highest BCUT2D eigenvalue weighted by molar-refractivity contribution is 6.39. The number of hydrogen-bond donors (Lipinski definition) is 15. The maximum atomic E-state index is 13.6. The van der Waals surface area contributed by atoms with Gasteiger partial charge in [0.1, 0.15) is 30.5 Å². The van der Waals surface area contributed by atoms with Crippen molar-refractivity contribution in [3.8, 4) is 0 Å². The Labute approximate surface area is 300 Å². The molecule has 0 spiro atoms. The molecule has 1 aromatic rings. The summed E-state index contributed by atoms with van der Waals surface area (Å²) >= 11 is 0. The number of ketones is 2. The van der Waals surface area contributed by atoms with E-state index in [9.17, 15) is 19.2 Å². The van der Waals surface area contributed by atoms with Gasteiger partial charge >= 0.3 is 0 Å². The molecule has 51 heavy (non-hydrogen) atoms. The maximum absolute atomic E-state index is 13.6. The molecular formula is C32H61N15O4. The Morgan fingerprint density at radius 1 is 0.706 bits per heavy atom. The van der Waals surface area contributed by atoms with Crippen molar-refractivity contribution in [2.75, 3.05) is 19.6 Å². The highest BCUT2D eigenvalue weighted by Crippen LogP contribution is 2.09. The van der Waals surface area contributed by atoms with Crippen molar-refractivity contribution < 1.29 is 19.2 Å². The molecule has 0 radical (unpaired) electrons. The number of rotatable bonds is 28. The number of carbonyl (C=O) groups excluding carboxylic acids is 4. The summed E-state index contributed by atoms with van der Waals surface area (Å²) in [5.74, 6) is -2.54. The lowest BCUT2D eigenvalue weighted by molar-refractivity contribution is -0.138. The number of unbranched alkanes of at least 4 members (excludes halogenated alkanes) is 2. The molecule has 19 heteroatoms. The molecule has 1 rings (SSSR count). The molecule has 19 nitrogen and oxygen atoms in total. The van der Waals surface area contributed by atoms with Crippen LogP contribution in [0.2, 0.25) is 0 Å². The Hall–Kier alpha value is -4.08. The van der Waals surface area contributed by atoms with Crippen LogP contribution in [0.25, 0.3) is 0 Å². The summed E-state index contributed by atoms with van der Waals surface area (Å²) in [6.07, 6.45) is 1.88. The van der Waals surface area contributed by atoms with Crippen LogP contribution in [0.1, 0.15) is 76.3 Å². The summed E-state index contributed by atoms with van der Waals surface area (Å²) in [6, 6.07) is 4.12. The van der Waals surface area contributed by atoms with Crippen LogP contribution in [0.4, 0.5) is 0 Å². The van der Waals surface area contributed by atoms with Gasteiger partial charge in [-0.25, -0.2) is 10.9 Å². The molecule has 0 fully saturated rings. The minimum atomic E-state index is -0.943. The first-order chi connectivity index (χ1) is 24.1. The predicted octanol–water partition coefficient (Wildman–Crippen LogP) is -3.12. The minimum Gasteiger partial charge on any atom is -0.384 e. The third kappa shape index (κ3) is 19.8. The molecule has 0 bridgehead atoms. The highest BCUT2D eigenvalue weighted by atomic mass is 16.2. The predicted molar refractivity (Wildman–Crippen MR) is 197 cm³/mol. The van der Waals surface area contributed by atoms with Crippen LogP contribution in [-0.2, 0) is 25.7 Å². The van der Waals surface area contributed by atoms with Gasteiger partial charge in [0, 0.05) is 25.1 Å². The fourth-order valence-corrected chi connectivity index (χ4v) is 4.92. The van der Waals surface area contributed by atoms with Crippen molar-refractivity contribution in [2.45, 2.75) is 102 Å². The lowest BCUT2D eigenvalue weighted by Crippen LogP contribution is -2.60. The number of nitrogens with one attached hydrogen (secondary N) is 9. The van der Waals surface area contributed by atoms with E-state index in [-0.39, 0.29) is 43.5 Å². The molecule has 21 N–H and O–H groups in total. The third-order valence-corrected chi connectivity index (χ3v) is 7.81. The van der Waals surface area contributed by atoms with Gasteiger partial charge in [0.15, 0.2) is 11.7 Å². The summed E-state index contributed by atoms with van der Waals surface area (Å²) in [5.41, 5.74) is 40.3. The second-order valence-electron chi connectivity index (χ2n) is 12.6. The molecular weight excluding hydrogens is 658 g/mol. The van der Waals surface area contributed by atoms with Crippen LogP contribution in [0.3, 0.4) is 0 Å². The molecule has 0 unspecified atom stereocenters. The van der Waals surface area contributed by atoms with Crippen molar-refractivity contribution in [1.29, 1.82) is 10.8 Å². The van der Waals surface area contributed by atoms with Gasteiger partial charge in [0.05, 0.1) is 6.04 Å². The number of amides is 2. The second kappa shape index (κ2) is 25.0. The zero-order valence-corrected chi connectivity index (χ0v) is 29.9. The van der Waals surface area contributed by atoms with Crippen molar-refractivity contribution in [2.24, 2.45) is 40.3 Å². The third-order valence-electron chi connectivity index (χ3n) is 7.81. The van der Waals surface area contributed by atoms with Crippen LogP contribution in [0.15, 0.2) is 24.3 Å². The van der Waals surface area contributed by atoms with E-state index < -0.39 is 54.1 Å². The molecule has 0 heterocycles. The number of amidine groups is 1. The largest absolute Gasteiger partial charge is 0.384 e. The smallest absolute Gasteiger partial charge is 0.242 e. The van der Waals surface area contributed by atoms with E-state index >= 15 is 0 Å². The zero-order valence-electron chi connectivity index (χ0n) is 29.9. The molecule has 0 aliphatic rings. The average molecular weight is 720 g/mol. The normalized spacial score (nSPS) is 13.1. The van der Waals surface area contributed by atoms with Crippen molar-refractivity contribution in [3.05, 3.63) is 35.4 Å². The van der Waals surface area contributed by atoms with E-state index in [1.54, 1.807) is 38.1 Å². The van der Waals surface area contributed by atoms with Gasteiger partial charge in [-0.2, -0.15) is 0 Å². The maximum Gasteiger partial charge on any atom is 0.242 e. The number of nitrogen functional groups attached to an aromatic ring is 1. The Morgan fingerprint density at radius 2 is 1.29 bits per heavy atom. The fourth-order valence-electron chi connectivity index (χ4n) is 4.92. The van der Waals surface area contributed by atoms with Crippen LogP contribution in [-0.4, -0.2) is 85.5 Å². The van der Waals surface area contributed by atoms with E-state index in [0.29, 0.717) is 57.3 Å². The molecule has 0 aromatic heterocycles. The Bertz CT molecular complexity index is 1240. The summed E-state index contributed by atoms with van der Waals surface area (Å²) < 4.78 is 0. The number of guanidine groups is 1. The molecule has 288 valence electrons. The monoisotopic (exact) mass is 720 g/mol. The van der Waals surface area contributed by atoms with Crippen LogP contribution < -0.4 is 71.8 Å². The van der Waals surface area contributed by atoms with Gasteiger partial charge in [-0.1, -0.05) is 44.5 Å². The van der Waals surface area contributed by atoms with Crippen LogP contribution >= 0.6 is 0 Å². The second-order valence-corrected chi connectivity index (χ2v) is 12.6. The molecule has 0 saturated carbocycles. The quantitative estimate of drug-likeness (QED) is 0.0102. The lowest BCUT2D eigenvalue weighted by Gasteiger charge is -2.27.